The van der Waals surface area contributed by atoms with Crippen LogP contribution in [0.3, 0.4) is 0 Å². The van der Waals surface area contributed by atoms with Crippen molar-refractivity contribution in [2.24, 2.45) is 0 Å². The Hall–Kier alpha value is -1.73. The molecule has 2 rings (SSSR count). The second-order valence-electron chi connectivity index (χ2n) is 4.22. The molecule has 90 valence electrons. The smallest absolute Gasteiger partial charge is 0.00403 e. The van der Waals surface area contributed by atoms with Crippen LogP contribution in [0.5, 0.6) is 0 Å². The van der Waals surface area contributed by atoms with Crippen LogP contribution in [0, 0.1) is 0 Å². The molecule has 0 aliphatic carbocycles. The minimum Gasteiger partial charge on any atom is -0.143 e. The van der Waals surface area contributed by atoms with Crippen molar-refractivity contribution in [2.45, 2.75) is 11.8 Å². The Morgan fingerprint density at radius 1 is 0.889 bits per heavy atom. The van der Waals surface area contributed by atoms with Crippen LogP contribution in [0.1, 0.15) is 18.1 Å². The Balaban J connectivity index is 2.09. The van der Waals surface area contributed by atoms with Crippen molar-refractivity contribution in [3.63, 3.8) is 0 Å². The average Bonchev–Trinajstić information content (AvgIpc) is 2.39. The van der Waals surface area contributed by atoms with Crippen molar-refractivity contribution < 1.29 is 0 Å². The second-order valence-corrected chi connectivity index (χ2v) is 4.74. The van der Waals surface area contributed by atoms with E-state index in [0.29, 0.717) is 0 Å². The normalized spacial score (nSPS) is 12.0. The molecule has 1 heteroatoms. The number of hydrogen-bond donors (Lipinski definition) is 1. The van der Waals surface area contributed by atoms with Gasteiger partial charge >= 0.3 is 0 Å². The lowest BCUT2D eigenvalue weighted by atomic mass is 10.1. The van der Waals surface area contributed by atoms with E-state index in [9.17, 15) is 0 Å². The molecule has 0 aliphatic rings. The standard InChI is InChI=1S/C17H16S/c1-14(13-16-5-3-2-4-6-16)7-8-15-9-11-17(18)12-10-15/h2-13,18H,1H3/b8-7+,14-13+. The molecule has 18 heavy (non-hydrogen) atoms. The zero-order valence-electron chi connectivity index (χ0n) is 10.4. The molecule has 0 fully saturated rings. The summed E-state index contributed by atoms with van der Waals surface area (Å²) in [6, 6.07) is 18.5. The second kappa shape index (κ2) is 6.27. The summed E-state index contributed by atoms with van der Waals surface area (Å²) in [5.41, 5.74) is 3.65. The van der Waals surface area contributed by atoms with Gasteiger partial charge in [0.2, 0.25) is 0 Å². The van der Waals surface area contributed by atoms with E-state index in [0.717, 1.165) is 4.90 Å². The van der Waals surface area contributed by atoms with Gasteiger partial charge in [-0.15, -0.1) is 12.6 Å². The molecule has 2 aromatic rings. The van der Waals surface area contributed by atoms with Gasteiger partial charge in [0.25, 0.3) is 0 Å². The third-order valence-electron chi connectivity index (χ3n) is 2.63. The molecule has 0 spiro atoms. The average molecular weight is 252 g/mol. The largest absolute Gasteiger partial charge is 0.143 e. The highest BCUT2D eigenvalue weighted by Crippen LogP contribution is 2.12. The molecule has 0 N–H and O–H groups in total. The number of thiol groups is 1. The van der Waals surface area contributed by atoms with Crippen molar-refractivity contribution in [2.75, 3.05) is 0 Å². The fourth-order valence-electron chi connectivity index (χ4n) is 1.67. The lowest BCUT2D eigenvalue weighted by Crippen LogP contribution is -1.74. The van der Waals surface area contributed by atoms with Gasteiger partial charge < -0.3 is 0 Å². The van der Waals surface area contributed by atoms with Gasteiger partial charge in [-0.2, -0.15) is 0 Å². The molecule has 0 radical (unpaired) electrons. The van der Waals surface area contributed by atoms with Crippen molar-refractivity contribution in [1.29, 1.82) is 0 Å². The number of benzene rings is 2. The molecule has 0 aromatic heterocycles. The van der Waals surface area contributed by atoms with E-state index >= 15 is 0 Å². The van der Waals surface area contributed by atoms with Crippen LogP contribution in [0.25, 0.3) is 12.2 Å². The highest BCUT2D eigenvalue weighted by Gasteiger charge is 1.89. The number of allylic oxidation sites excluding steroid dienone is 2. The summed E-state index contributed by atoms with van der Waals surface area (Å²) in [4.78, 5) is 0.990. The monoisotopic (exact) mass is 252 g/mol. The van der Waals surface area contributed by atoms with Gasteiger partial charge in [-0.1, -0.05) is 66.3 Å². The molecular formula is C17H16S. The fourth-order valence-corrected chi connectivity index (χ4v) is 1.82. The lowest BCUT2D eigenvalue weighted by molar-refractivity contribution is 1.46. The summed E-state index contributed by atoms with van der Waals surface area (Å²) in [6.07, 6.45) is 6.41. The maximum Gasteiger partial charge on any atom is 0.00403 e. The Kier molecular flexibility index (Phi) is 4.43. The molecule has 0 nitrogen and oxygen atoms in total. The van der Waals surface area contributed by atoms with Crippen molar-refractivity contribution in [1.82, 2.24) is 0 Å². The summed E-state index contributed by atoms with van der Waals surface area (Å²) < 4.78 is 0. The van der Waals surface area contributed by atoms with Gasteiger partial charge in [-0.25, -0.2) is 0 Å². The van der Waals surface area contributed by atoms with Crippen LogP contribution in [-0.4, -0.2) is 0 Å². The van der Waals surface area contributed by atoms with Crippen LogP contribution in [0.15, 0.2) is 71.1 Å². The molecular weight excluding hydrogens is 236 g/mol. The van der Waals surface area contributed by atoms with Gasteiger partial charge in [-0.05, 0) is 30.2 Å². The predicted molar refractivity (Wildman–Crippen MR) is 82.8 cm³/mol. The lowest BCUT2D eigenvalue weighted by Gasteiger charge is -1.96. The third-order valence-corrected chi connectivity index (χ3v) is 2.92. The molecule has 0 amide bonds. The Labute approximate surface area is 114 Å². The maximum absolute atomic E-state index is 4.27. The Bertz CT molecular complexity index is 548. The molecule has 2 aromatic carbocycles. The summed E-state index contributed by atoms with van der Waals surface area (Å²) in [7, 11) is 0. The van der Waals surface area contributed by atoms with Crippen molar-refractivity contribution in [3.8, 4) is 0 Å². The minimum atomic E-state index is 0.990. The zero-order valence-corrected chi connectivity index (χ0v) is 11.3. The van der Waals surface area contributed by atoms with Crippen molar-refractivity contribution >= 4 is 24.8 Å². The van der Waals surface area contributed by atoms with Gasteiger partial charge in [0.15, 0.2) is 0 Å². The van der Waals surface area contributed by atoms with Crippen LogP contribution < -0.4 is 0 Å². The Morgan fingerprint density at radius 2 is 1.56 bits per heavy atom. The van der Waals surface area contributed by atoms with Crippen LogP contribution in [0.2, 0.25) is 0 Å². The summed E-state index contributed by atoms with van der Waals surface area (Å²) >= 11 is 4.27. The molecule has 0 saturated heterocycles. The van der Waals surface area contributed by atoms with Gasteiger partial charge in [-0.3, -0.25) is 0 Å². The summed E-state index contributed by atoms with van der Waals surface area (Å²) in [5.74, 6) is 0. The van der Waals surface area contributed by atoms with E-state index in [1.54, 1.807) is 0 Å². The van der Waals surface area contributed by atoms with E-state index in [2.05, 4.69) is 62.0 Å². The highest BCUT2D eigenvalue weighted by atomic mass is 32.1. The topological polar surface area (TPSA) is 0 Å². The van der Waals surface area contributed by atoms with E-state index in [1.165, 1.54) is 16.7 Å². The van der Waals surface area contributed by atoms with E-state index in [-0.39, 0.29) is 0 Å². The van der Waals surface area contributed by atoms with Crippen LogP contribution in [0.4, 0.5) is 0 Å². The van der Waals surface area contributed by atoms with Crippen molar-refractivity contribution in [3.05, 3.63) is 77.4 Å². The van der Waals surface area contributed by atoms with E-state index < -0.39 is 0 Å². The molecule has 0 bridgehead atoms. The molecule has 0 heterocycles. The van der Waals surface area contributed by atoms with Gasteiger partial charge in [0.1, 0.15) is 0 Å². The number of rotatable bonds is 3. The first kappa shape index (κ1) is 12.7. The summed E-state index contributed by atoms with van der Waals surface area (Å²) in [5, 5.41) is 0. The summed E-state index contributed by atoms with van der Waals surface area (Å²) in [6.45, 7) is 2.11. The van der Waals surface area contributed by atoms with Crippen LogP contribution >= 0.6 is 12.6 Å². The quantitative estimate of drug-likeness (QED) is 0.570. The first-order valence-electron chi connectivity index (χ1n) is 5.94. The SMILES string of the molecule is CC(/C=C/c1ccc(S)cc1)=C\c1ccccc1. The Morgan fingerprint density at radius 3 is 2.22 bits per heavy atom. The third kappa shape index (κ3) is 3.94. The van der Waals surface area contributed by atoms with Gasteiger partial charge in [0, 0.05) is 4.90 Å². The molecule has 0 atom stereocenters. The molecule has 0 unspecified atom stereocenters. The van der Waals surface area contributed by atoms with Gasteiger partial charge in [0.05, 0.1) is 0 Å². The van der Waals surface area contributed by atoms with E-state index in [4.69, 9.17) is 0 Å². The maximum atomic E-state index is 4.27. The minimum absolute atomic E-state index is 0.990. The first-order chi connectivity index (χ1) is 8.74. The highest BCUT2D eigenvalue weighted by molar-refractivity contribution is 7.80. The van der Waals surface area contributed by atoms with Crippen LogP contribution in [-0.2, 0) is 0 Å². The number of hydrogen-bond acceptors (Lipinski definition) is 1. The zero-order chi connectivity index (χ0) is 12.8. The fraction of sp³-hybridized carbons (Fsp3) is 0.0588. The predicted octanol–water partition coefficient (Wildman–Crippen LogP) is 5.09. The molecule has 0 aliphatic heterocycles. The van der Waals surface area contributed by atoms with E-state index in [1.807, 2.05) is 30.3 Å². The molecule has 0 saturated carbocycles. The first-order valence-corrected chi connectivity index (χ1v) is 6.39.